The predicted octanol–water partition coefficient (Wildman–Crippen LogP) is 4.55. The number of halogens is 1. The van der Waals surface area contributed by atoms with E-state index in [1.807, 2.05) is 24.3 Å². The molecule has 2 aromatic heterocycles. The van der Waals surface area contributed by atoms with E-state index in [1.165, 1.54) is 12.4 Å². The van der Waals surface area contributed by atoms with Crippen molar-refractivity contribution in [2.24, 2.45) is 0 Å². The molecule has 25 heavy (non-hydrogen) atoms. The van der Waals surface area contributed by atoms with Crippen molar-refractivity contribution < 1.29 is 4.39 Å². The molecule has 0 aliphatic heterocycles. The lowest BCUT2D eigenvalue weighted by Gasteiger charge is -2.07. The number of aromatic nitrogens is 3. The van der Waals surface area contributed by atoms with E-state index in [2.05, 4.69) is 37.8 Å². The first-order valence-corrected chi connectivity index (χ1v) is 8.82. The zero-order chi connectivity index (χ0) is 17.1. The van der Waals surface area contributed by atoms with Crippen LogP contribution in [0.15, 0.2) is 60.2 Å². The number of anilines is 1. The van der Waals surface area contributed by atoms with E-state index in [1.54, 1.807) is 17.4 Å². The van der Waals surface area contributed by atoms with Crippen molar-refractivity contribution in [1.82, 2.24) is 15.0 Å². The molecule has 4 aromatic rings. The molecule has 2 heterocycles. The number of hydrogen-bond donors (Lipinski definition) is 1. The Morgan fingerprint density at radius 1 is 1.00 bits per heavy atom. The van der Waals surface area contributed by atoms with E-state index in [9.17, 15) is 4.39 Å². The van der Waals surface area contributed by atoms with Crippen LogP contribution in [0.25, 0.3) is 22.2 Å². The molecule has 0 unspecified atom stereocenters. The van der Waals surface area contributed by atoms with E-state index in [0.717, 1.165) is 22.7 Å². The fraction of sp³-hybridized carbons (Fsp3) is 0.105. The Balaban J connectivity index is 1.45. The summed E-state index contributed by atoms with van der Waals surface area (Å²) in [6, 6.07) is 15.0. The van der Waals surface area contributed by atoms with E-state index < -0.39 is 0 Å². The minimum atomic E-state index is -0.338. The maximum Gasteiger partial charge on any atom is 0.149 e. The number of para-hydroxylation sites is 1. The summed E-state index contributed by atoms with van der Waals surface area (Å²) in [5, 5.41) is 7.07. The van der Waals surface area contributed by atoms with Crippen molar-refractivity contribution in [3.05, 3.63) is 71.1 Å². The van der Waals surface area contributed by atoms with Crippen LogP contribution in [-0.4, -0.2) is 21.5 Å². The van der Waals surface area contributed by atoms with E-state index in [0.29, 0.717) is 23.3 Å². The highest BCUT2D eigenvalue weighted by atomic mass is 32.1. The second kappa shape index (κ2) is 6.94. The summed E-state index contributed by atoms with van der Waals surface area (Å²) in [5.41, 5.74) is 2.45. The van der Waals surface area contributed by atoms with Crippen LogP contribution in [0.1, 0.15) is 5.01 Å². The van der Waals surface area contributed by atoms with Crippen LogP contribution in [0.5, 0.6) is 0 Å². The van der Waals surface area contributed by atoms with Crippen LogP contribution in [0.3, 0.4) is 0 Å². The zero-order valence-electron chi connectivity index (χ0n) is 13.3. The number of thiazole rings is 1. The average molecular weight is 350 g/mol. The predicted molar refractivity (Wildman–Crippen MR) is 99.2 cm³/mol. The fourth-order valence-corrected chi connectivity index (χ4v) is 3.45. The van der Waals surface area contributed by atoms with Crippen LogP contribution >= 0.6 is 11.3 Å². The van der Waals surface area contributed by atoms with Gasteiger partial charge in [0.25, 0.3) is 0 Å². The highest BCUT2D eigenvalue weighted by Gasteiger charge is 2.08. The van der Waals surface area contributed by atoms with Crippen molar-refractivity contribution in [3.8, 4) is 11.3 Å². The van der Waals surface area contributed by atoms with Crippen LogP contribution < -0.4 is 5.32 Å². The number of nitrogens with zero attached hydrogens (tertiary/aromatic N) is 3. The van der Waals surface area contributed by atoms with Crippen LogP contribution in [-0.2, 0) is 6.42 Å². The normalized spacial score (nSPS) is 10.9. The summed E-state index contributed by atoms with van der Waals surface area (Å²) in [6.07, 6.45) is 2.16. The highest BCUT2D eigenvalue weighted by molar-refractivity contribution is 7.09. The maximum absolute atomic E-state index is 13.8. The molecule has 0 radical (unpaired) electrons. The third kappa shape index (κ3) is 3.34. The second-order valence-electron chi connectivity index (χ2n) is 5.53. The van der Waals surface area contributed by atoms with Gasteiger partial charge in [0, 0.05) is 29.3 Å². The van der Waals surface area contributed by atoms with Crippen molar-refractivity contribution >= 4 is 28.1 Å². The minimum Gasteiger partial charge on any atom is -0.369 e. The van der Waals surface area contributed by atoms with Gasteiger partial charge in [-0.25, -0.2) is 19.3 Å². The quantitative estimate of drug-likeness (QED) is 0.574. The molecule has 6 heteroatoms. The number of hydrogen-bond acceptors (Lipinski definition) is 5. The van der Waals surface area contributed by atoms with Gasteiger partial charge in [-0.3, -0.25) is 0 Å². The molecule has 0 spiro atoms. The third-order valence-electron chi connectivity index (χ3n) is 3.87. The molecule has 0 fully saturated rings. The van der Waals surface area contributed by atoms with E-state index in [-0.39, 0.29) is 5.82 Å². The lowest BCUT2D eigenvalue weighted by atomic mass is 10.2. The first-order chi connectivity index (χ1) is 12.3. The van der Waals surface area contributed by atoms with Gasteiger partial charge >= 0.3 is 0 Å². The molecule has 0 amide bonds. The van der Waals surface area contributed by atoms with E-state index >= 15 is 0 Å². The maximum atomic E-state index is 13.8. The van der Waals surface area contributed by atoms with Crippen molar-refractivity contribution in [2.45, 2.75) is 6.42 Å². The first kappa shape index (κ1) is 15.7. The Morgan fingerprint density at radius 3 is 2.76 bits per heavy atom. The molecule has 0 saturated heterocycles. The SMILES string of the molecule is Fc1cccc2c(NCCc3nc(-c4ccccc4)cs3)ncnc12. The molecule has 0 saturated carbocycles. The molecule has 0 atom stereocenters. The minimum absolute atomic E-state index is 0.334. The van der Waals surface area contributed by atoms with Crippen LogP contribution in [0.2, 0.25) is 0 Å². The summed E-state index contributed by atoms with van der Waals surface area (Å²) in [7, 11) is 0. The second-order valence-corrected chi connectivity index (χ2v) is 6.47. The Kier molecular flexibility index (Phi) is 4.35. The Bertz CT molecular complexity index is 1000. The molecule has 124 valence electrons. The lowest BCUT2D eigenvalue weighted by Crippen LogP contribution is -2.07. The van der Waals surface area contributed by atoms with E-state index in [4.69, 9.17) is 0 Å². The van der Waals surface area contributed by atoms with Crippen molar-refractivity contribution in [2.75, 3.05) is 11.9 Å². The topological polar surface area (TPSA) is 50.7 Å². The Labute approximate surface area is 148 Å². The Morgan fingerprint density at radius 2 is 1.88 bits per heavy atom. The number of fused-ring (bicyclic) bond motifs is 1. The van der Waals surface area contributed by atoms with Gasteiger partial charge in [-0.05, 0) is 12.1 Å². The molecule has 4 nitrogen and oxygen atoms in total. The van der Waals surface area contributed by atoms with Gasteiger partial charge in [0.1, 0.15) is 23.5 Å². The van der Waals surface area contributed by atoms with Gasteiger partial charge < -0.3 is 5.32 Å². The summed E-state index contributed by atoms with van der Waals surface area (Å²) in [6.45, 7) is 0.671. The van der Waals surface area contributed by atoms with Crippen LogP contribution in [0.4, 0.5) is 10.2 Å². The summed E-state index contributed by atoms with van der Waals surface area (Å²) in [5.74, 6) is 0.305. The highest BCUT2D eigenvalue weighted by Crippen LogP contribution is 2.23. The average Bonchev–Trinajstić information content (AvgIpc) is 3.12. The van der Waals surface area contributed by atoms with Gasteiger partial charge in [0.05, 0.1) is 10.7 Å². The molecular formula is C19H15FN4S. The number of nitrogens with one attached hydrogen (secondary N) is 1. The lowest BCUT2D eigenvalue weighted by molar-refractivity contribution is 0.636. The van der Waals surface area contributed by atoms with Gasteiger partial charge in [-0.2, -0.15) is 0 Å². The molecule has 0 bridgehead atoms. The molecule has 2 aromatic carbocycles. The molecule has 4 rings (SSSR count). The van der Waals surface area contributed by atoms with Gasteiger partial charge in [0.15, 0.2) is 0 Å². The van der Waals surface area contributed by atoms with Gasteiger partial charge in [-0.15, -0.1) is 11.3 Å². The number of rotatable bonds is 5. The van der Waals surface area contributed by atoms with Crippen molar-refractivity contribution in [1.29, 1.82) is 0 Å². The zero-order valence-corrected chi connectivity index (χ0v) is 14.1. The third-order valence-corrected chi connectivity index (χ3v) is 4.78. The smallest absolute Gasteiger partial charge is 0.149 e. The molecule has 1 N–H and O–H groups in total. The fourth-order valence-electron chi connectivity index (χ4n) is 2.65. The Hall–Kier alpha value is -2.86. The molecule has 0 aliphatic carbocycles. The molecule has 0 aliphatic rings. The summed E-state index contributed by atoms with van der Waals surface area (Å²) in [4.78, 5) is 12.9. The standard InChI is InChI=1S/C19H15FN4S/c20-15-8-4-7-14-18(15)22-12-23-19(14)21-10-9-17-24-16(11-25-17)13-5-2-1-3-6-13/h1-8,11-12H,9-10H2,(H,21,22,23). The molecular weight excluding hydrogens is 335 g/mol. The summed E-state index contributed by atoms with van der Waals surface area (Å²) < 4.78 is 13.8. The number of benzene rings is 2. The largest absolute Gasteiger partial charge is 0.369 e. The first-order valence-electron chi connectivity index (χ1n) is 7.94. The van der Waals surface area contributed by atoms with Crippen molar-refractivity contribution in [3.63, 3.8) is 0 Å². The van der Waals surface area contributed by atoms with Gasteiger partial charge in [-0.1, -0.05) is 36.4 Å². The monoisotopic (exact) mass is 350 g/mol. The van der Waals surface area contributed by atoms with Gasteiger partial charge in [0.2, 0.25) is 0 Å². The van der Waals surface area contributed by atoms with Crippen LogP contribution in [0, 0.1) is 5.82 Å². The summed E-state index contributed by atoms with van der Waals surface area (Å²) >= 11 is 1.64.